The molecule has 0 bridgehead atoms. The van der Waals surface area contributed by atoms with Crippen molar-refractivity contribution in [2.24, 2.45) is 11.1 Å². The van der Waals surface area contributed by atoms with Crippen LogP contribution in [-0.4, -0.2) is 5.92 Å². The molecule has 1 aromatic carbocycles. The number of halogens is 3. The summed E-state index contributed by atoms with van der Waals surface area (Å²) in [6, 6.07) is 5.22. The number of rotatable bonds is 3. The zero-order chi connectivity index (χ0) is 12.7. The lowest BCUT2D eigenvalue weighted by molar-refractivity contribution is -0.150. The van der Waals surface area contributed by atoms with Crippen LogP contribution in [-0.2, 0) is 0 Å². The van der Waals surface area contributed by atoms with Gasteiger partial charge in [0.2, 0.25) is 5.92 Å². The number of benzene rings is 1. The molecule has 0 heterocycles. The van der Waals surface area contributed by atoms with Crippen LogP contribution >= 0.6 is 0 Å². The Morgan fingerprint density at radius 3 is 2.35 bits per heavy atom. The van der Waals surface area contributed by atoms with Gasteiger partial charge in [-0.1, -0.05) is 24.3 Å². The van der Waals surface area contributed by atoms with E-state index in [1.54, 1.807) is 12.1 Å². The van der Waals surface area contributed by atoms with E-state index in [9.17, 15) is 13.2 Å². The van der Waals surface area contributed by atoms with Crippen LogP contribution in [0.15, 0.2) is 36.9 Å². The first-order chi connectivity index (χ1) is 7.90. The van der Waals surface area contributed by atoms with Crippen molar-refractivity contribution in [3.05, 3.63) is 48.3 Å². The lowest BCUT2D eigenvalue weighted by Gasteiger charge is -2.49. The van der Waals surface area contributed by atoms with Crippen LogP contribution in [0.5, 0.6) is 0 Å². The molecule has 1 atom stereocenters. The van der Waals surface area contributed by atoms with Crippen molar-refractivity contribution in [3.63, 3.8) is 0 Å². The zero-order valence-corrected chi connectivity index (χ0v) is 9.30. The molecule has 2 rings (SSSR count). The molecule has 0 aliphatic heterocycles. The minimum absolute atomic E-state index is 0.267. The van der Waals surface area contributed by atoms with Gasteiger partial charge in [-0.05, 0) is 6.07 Å². The number of hydrogen-bond acceptors (Lipinski definition) is 1. The number of hydrogen-bond donors (Lipinski definition) is 1. The second-order valence-corrected chi connectivity index (χ2v) is 4.65. The van der Waals surface area contributed by atoms with Gasteiger partial charge in [0.25, 0.3) is 0 Å². The SMILES string of the molecule is C=CC1(C(N)c2ccccc2F)CC(F)(F)C1. The van der Waals surface area contributed by atoms with Crippen molar-refractivity contribution in [1.29, 1.82) is 0 Å². The van der Waals surface area contributed by atoms with E-state index in [1.165, 1.54) is 18.2 Å². The van der Waals surface area contributed by atoms with Gasteiger partial charge in [0.15, 0.2) is 0 Å². The molecule has 4 heteroatoms. The normalized spacial score (nSPS) is 22.6. The lowest BCUT2D eigenvalue weighted by Crippen LogP contribution is -2.50. The quantitative estimate of drug-likeness (QED) is 0.806. The van der Waals surface area contributed by atoms with E-state index in [0.717, 1.165) is 0 Å². The molecule has 1 aliphatic carbocycles. The fourth-order valence-corrected chi connectivity index (χ4v) is 2.44. The van der Waals surface area contributed by atoms with Crippen LogP contribution in [0.25, 0.3) is 0 Å². The van der Waals surface area contributed by atoms with Crippen LogP contribution < -0.4 is 5.73 Å². The van der Waals surface area contributed by atoms with Gasteiger partial charge >= 0.3 is 0 Å². The third-order valence-corrected chi connectivity index (χ3v) is 3.44. The highest BCUT2D eigenvalue weighted by atomic mass is 19.3. The second-order valence-electron chi connectivity index (χ2n) is 4.65. The van der Waals surface area contributed by atoms with Gasteiger partial charge in [-0.2, -0.15) is 0 Å². The minimum atomic E-state index is -2.71. The van der Waals surface area contributed by atoms with Crippen LogP contribution in [0, 0.1) is 11.2 Å². The average molecular weight is 241 g/mol. The van der Waals surface area contributed by atoms with Crippen LogP contribution in [0.1, 0.15) is 24.4 Å². The molecule has 0 spiro atoms. The van der Waals surface area contributed by atoms with Crippen LogP contribution in [0.4, 0.5) is 13.2 Å². The first-order valence-corrected chi connectivity index (χ1v) is 5.42. The van der Waals surface area contributed by atoms with E-state index < -0.39 is 23.2 Å². The van der Waals surface area contributed by atoms with Gasteiger partial charge in [-0.15, -0.1) is 6.58 Å². The van der Waals surface area contributed by atoms with E-state index in [0.29, 0.717) is 0 Å². The third kappa shape index (κ3) is 1.97. The van der Waals surface area contributed by atoms with Crippen LogP contribution in [0.2, 0.25) is 0 Å². The molecule has 0 aromatic heterocycles. The summed E-state index contributed by atoms with van der Waals surface area (Å²) in [5, 5.41) is 0. The van der Waals surface area contributed by atoms with Gasteiger partial charge in [-0.25, -0.2) is 13.2 Å². The standard InChI is InChI=1S/C13H14F3N/c1-2-12(7-13(15,16)8-12)11(17)9-5-3-4-6-10(9)14/h2-6,11H,1,7-8,17H2. The van der Waals surface area contributed by atoms with E-state index in [1.807, 2.05) is 0 Å². The maximum Gasteiger partial charge on any atom is 0.250 e. The molecule has 1 unspecified atom stereocenters. The van der Waals surface area contributed by atoms with Crippen molar-refractivity contribution in [1.82, 2.24) is 0 Å². The molecule has 17 heavy (non-hydrogen) atoms. The Bertz CT molecular complexity index is 434. The molecule has 1 saturated carbocycles. The summed E-state index contributed by atoms with van der Waals surface area (Å²) in [5.41, 5.74) is 5.29. The summed E-state index contributed by atoms with van der Waals surface area (Å²) < 4.78 is 39.6. The Balaban J connectivity index is 2.29. The molecular weight excluding hydrogens is 227 g/mol. The van der Waals surface area contributed by atoms with E-state index >= 15 is 0 Å². The number of alkyl halides is 2. The van der Waals surface area contributed by atoms with Crippen molar-refractivity contribution < 1.29 is 13.2 Å². The van der Waals surface area contributed by atoms with Gasteiger partial charge in [0.1, 0.15) is 5.82 Å². The monoisotopic (exact) mass is 241 g/mol. The zero-order valence-electron chi connectivity index (χ0n) is 9.30. The molecule has 1 aromatic rings. The molecule has 92 valence electrons. The first kappa shape index (κ1) is 12.2. The topological polar surface area (TPSA) is 26.0 Å². The molecule has 0 amide bonds. The summed E-state index contributed by atoms with van der Waals surface area (Å²) in [7, 11) is 0. The Hall–Kier alpha value is -1.29. The Kier molecular flexibility index (Phi) is 2.78. The Morgan fingerprint density at radius 2 is 1.88 bits per heavy atom. The maximum atomic E-state index is 13.6. The molecular formula is C13H14F3N. The molecule has 1 aliphatic rings. The van der Waals surface area contributed by atoms with Gasteiger partial charge in [-0.3, -0.25) is 0 Å². The fourth-order valence-electron chi connectivity index (χ4n) is 2.44. The largest absolute Gasteiger partial charge is 0.323 e. The van der Waals surface area contributed by atoms with Gasteiger partial charge < -0.3 is 5.73 Å². The molecule has 0 saturated heterocycles. The van der Waals surface area contributed by atoms with Crippen molar-refractivity contribution >= 4 is 0 Å². The predicted molar refractivity (Wildman–Crippen MR) is 60.1 cm³/mol. The number of nitrogens with two attached hydrogens (primary N) is 1. The minimum Gasteiger partial charge on any atom is -0.323 e. The summed E-state index contributed by atoms with van der Waals surface area (Å²) >= 11 is 0. The van der Waals surface area contributed by atoms with Gasteiger partial charge in [0, 0.05) is 29.9 Å². The maximum absolute atomic E-state index is 13.6. The third-order valence-electron chi connectivity index (χ3n) is 3.44. The van der Waals surface area contributed by atoms with Gasteiger partial charge in [0.05, 0.1) is 0 Å². The van der Waals surface area contributed by atoms with E-state index in [2.05, 4.69) is 6.58 Å². The lowest BCUT2D eigenvalue weighted by atomic mass is 9.60. The summed E-state index contributed by atoms with van der Waals surface area (Å²) in [5.74, 6) is -3.17. The van der Waals surface area contributed by atoms with E-state index in [-0.39, 0.29) is 18.4 Å². The van der Waals surface area contributed by atoms with Crippen molar-refractivity contribution in [2.45, 2.75) is 24.8 Å². The average Bonchev–Trinajstić information content (AvgIpc) is 2.25. The summed E-state index contributed by atoms with van der Waals surface area (Å²) in [4.78, 5) is 0. The second kappa shape index (κ2) is 3.88. The first-order valence-electron chi connectivity index (χ1n) is 5.42. The highest BCUT2D eigenvalue weighted by Crippen LogP contribution is 2.58. The fraction of sp³-hybridized carbons (Fsp3) is 0.385. The smallest absolute Gasteiger partial charge is 0.250 e. The Labute approximate surface area is 98.1 Å². The van der Waals surface area contributed by atoms with Crippen molar-refractivity contribution in [2.75, 3.05) is 0 Å². The summed E-state index contributed by atoms with van der Waals surface area (Å²) in [6.07, 6.45) is 0.708. The highest BCUT2D eigenvalue weighted by Gasteiger charge is 2.58. The van der Waals surface area contributed by atoms with Crippen LogP contribution in [0.3, 0.4) is 0 Å². The highest BCUT2D eigenvalue weighted by molar-refractivity contribution is 5.27. The molecule has 1 fully saturated rings. The van der Waals surface area contributed by atoms with Crippen molar-refractivity contribution in [3.8, 4) is 0 Å². The molecule has 1 nitrogen and oxygen atoms in total. The predicted octanol–water partition coefficient (Wildman–Crippen LogP) is 3.43. The summed E-state index contributed by atoms with van der Waals surface area (Å²) in [6.45, 7) is 3.56. The van der Waals surface area contributed by atoms with E-state index in [4.69, 9.17) is 5.73 Å². The molecule has 2 N–H and O–H groups in total. The molecule has 0 radical (unpaired) electrons. The Morgan fingerprint density at radius 1 is 1.29 bits per heavy atom.